The van der Waals surface area contributed by atoms with Gasteiger partial charge in [-0.15, -0.1) is 0 Å². The largest absolute Gasteiger partial charge is 0.268 e. The van der Waals surface area contributed by atoms with Crippen molar-refractivity contribution >= 4 is 60.9 Å². The molecule has 0 amide bonds. The summed E-state index contributed by atoms with van der Waals surface area (Å²) < 4.78 is 2.02. The molecule has 7 aromatic rings. The highest BCUT2D eigenvalue weighted by atomic mass is 15.5. The minimum absolute atomic E-state index is 0. The maximum atomic E-state index is 5.06. The lowest BCUT2D eigenvalue weighted by molar-refractivity contribution is 1.10. The molecule has 0 saturated heterocycles. The first-order valence-corrected chi connectivity index (χ1v) is 13.6. The molecule has 0 atom stereocenters. The van der Waals surface area contributed by atoms with Gasteiger partial charge in [-0.1, -0.05) is 90.8 Å². The van der Waals surface area contributed by atoms with E-state index < -0.39 is 0 Å². The molecule has 0 bridgehead atoms. The van der Waals surface area contributed by atoms with E-state index in [0.717, 1.165) is 38.7 Å². The van der Waals surface area contributed by atoms with Crippen molar-refractivity contribution in [2.75, 3.05) is 5.01 Å². The Kier molecular flexibility index (Phi) is 6.17. The topological polar surface area (TPSA) is 20.5 Å². The van der Waals surface area contributed by atoms with Gasteiger partial charge in [-0.25, -0.2) is 5.01 Å². The number of rotatable bonds is 4. The predicted octanol–water partition coefficient (Wildman–Crippen LogP) is 10.3. The monoisotopic (exact) mass is 533 g/mol. The predicted molar refractivity (Wildman–Crippen MR) is 184 cm³/mol. The quantitative estimate of drug-likeness (QED) is 0.125. The third kappa shape index (κ3) is 4.57. The highest BCUT2D eigenvalue weighted by Gasteiger charge is 2.12. The fourth-order valence-corrected chi connectivity index (χ4v) is 5.36. The summed E-state index contributed by atoms with van der Waals surface area (Å²) in [7, 11) is 0. The number of hydrogen-bond donors (Lipinski definition) is 0. The van der Waals surface area contributed by atoms with Crippen molar-refractivity contribution in [3.8, 4) is 23.8 Å². The summed E-state index contributed by atoms with van der Waals surface area (Å²) in [6.45, 7) is 1.80. The normalized spacial score (nSPS) is 11.0. The lowest BCUT2D eigenvalue weighted by Gasteiger charge is -2.20. The van der Waals surface area contributed by atoms with E-state index in [4.69, 9.17) is 5.10 Å². The van der Waals surface area contributed by atoms with E-state index in [1.165, 1.54) is 21.5 Å². The zero-order valence-electron chi connectivity index (χ0n) is 22.5. The molecule has 0 unspecified atom stereocenters. The first-order valence-electron chi connectivity index (χ1n) is 13.6. The maximum absolute atomic E-state index is 5.06. The van der Waals surface area contributed by atoms with E-state index in [9.17, 15) is 0 Å². The average molecular weight is 534 g/mol. The van der Waals surface area contributed by atoms with Crippen molar-refractivity contribution in [2.24, 2.45) is 5.10 Å². The van der Waals surface area contributed by atoms with Crippen LogP contribution < -0.4 is 5.01 Å². The second-order valence-electron chi connectivity index (χ2n) is 9.86. The lowest BCUT2D eigenvalue weighted by atomic mass is 10.1. The Morgan fingerprint density at radius 3 is 1.90 bits per heavy atom. The Hall–Kier alpha value is -5.77. The zero-order valence-corrected chi connectivity index (χ0v) is 22.5. The lowest BCUT2D eigenvalue weighted by Crippen LogP contribution is -2.09. The number of para-hydroxylation sites is 1. The molecule has 0 radical (unpaired) electrons. The first-order chi connectivity index (χ1) is 20.3. The van der Waals surface area contributed by atoms with Crippen LogP contribution in [0.15, 0.2) is 132 Å². The minimum Gasteiger partial charge on any atom is -0.268 e. The molecular formula is C38H35N3. The van der Waals surface area contributed by atoms with Crippen LogP contribution in [0, 0.1) is 23.8 Å². The Balaban J connectivity index is 0.00000147. The van der Waals surface area contributed by atoms with Gasteiger partial charge in [0.1, 0.15) is 0 Å². The van der Waals surface area contributed by atoms with Gasteiger partial charge in [0, 0.05) is 29.9 Å². The fourth-order valence-electron chi connectivity index (χ4n) is 5.36. The summed E-state index contributed by atoms with van der Waals surface area (Å²) >= 11 is 0. The Labute approximate surface area is 246 Å². The summed E-state index contributed by atoms with van der Waals surface area (Å²) in [6, 6.07) is 47.7. The number of hydrogen-bond acceptors (Lipinski definition) is 2. The van der Waals surface area contributed by atoms with Gasteiger partial charge in [-0.2, -0.15) is 5.10 Å². The molecule has 3 nitrogen and oxygen atoms in total. The van der Waals surface area contributed by atoms with E-state index in [2.05, 4.69) is 145 Å². The molecule has 0 saturated carbocycles. The summed E-state index contributed by atoms with van der Waals surface area (Å²) in [4.78, 5) is 0. The van der Waals surface area contributed by atoms with Gasteiger partial charge in [-0.05, 0) is 82.4 Å². The molecule has 0 fully saturated rings. The van der Waals surface area contributed by atoms with E-state index in [1.54, 1.807) is 6.92 Å². The molecular weight excluding hydrogens is 498 g/mol. The van der Waals surface area contributed by atoms with Crippen LogP contribution in [0.5, 0.6) is 0 Å². The number of fused-ring (bicyclic) bond motifs is 5. The van der Waals surface area contributed by atoms with Gasteiger partial charge in [0.15, 0.2) is 0 Å². The average Bonchev–Trinajstić information content (AvgIpc) is 3.34. The van der Waals surface area contributed by atoms with Crippen molar-refractivity contribution < 1.29 is 7.13 Å². The molecule has 1 heterocycles. The summed E-state index contributed by atoms with van der Waals surface area (Å²) in [5.41, 5.74) is 5.12. The minimum atomic E-state index is 0. The second-order valence-corrected chi connectivity index (χ2v) is 9.86. The molecule has 0 aliphatic heterocycles. The van der Waals surface area contributed by atoms with E-state index in [0.29, 0.717) is 0 Å². The standard InChI is InChI=1S/C38H25N3.5H2/c1-2-3-10-23-40-37-16-9-8-15-35(37)36-24-28(17-22-38(36)40)27-39-41(33-20-18-29-11-4-6-13-31(29)25-33)34-21-19-30-12-5-7-14-32(30)26-34;;;;;/h4-9,11-22,24-27H,1H3;5*1H/b39-27-;;;;;. The molecule has 0 spiro atoms. The van der Waals surface area contributed by atoms with Crippen LogP contribution >= 0.6 is 0 Å². The van der Waals surface area contributed by atoms with E-state index in [-0.39, 0.29) is 7.13 Å². The first kappa shape index (κ1) is 24.3. The number of nitrogens with zero attached hydrogens (tertiary/aromatic N) is 3. The molecule has 3 heteroatoms. The van der Waals surface area contributed by atoms with Crippen LogP contribution in [0.25, 0.3) is 43.4 Å². The smallest absolute Gasteiger partial charge is 0.0659 e. The summed E-state index contributed by atoms with van der Waals surface area (Å²) in [5, 5.41) is 14.1. The Bertz CT molecular complexity index is 2190. The van der Waals surface area contributed by atoms with Crippen LogP contribution in [0.2, 0.25) is 0 Å². The molecule has 41 heavy (non-hydrogen) atoms. The van der Waals surface area contributed by atoms with Crippen molar-refractivity contribution in [2.45, 2.75) is 6.92 Å². The number of anilines is 2. The van der Waals surface area contributed by atoms with Gasteiger partial charge in [0.05, 0.1) is 28.6 Å². The van der Waals surface area contributed by atoms with Crippen molar-refractivity contribution in [3.05, 3.63) is 133 Å². The maximum Gasteiger partial charge on any atom is 0.0659 e. The third-order valence-corrected chi connectivity index (χ3v) is 7.33. The summed E-state index contributed by atoms with van der Waals surface area (Å²) in [5.74, 6) is 8.66. The molecule has 0 N–H and O–H groups in total. The zero-order chi connectivity index (χ0) is 27.6. The van der Waals surface area contributed by atoms with Gasteiger partial charge < -0.3 is 0 Å². The van der Waals surface area contributed by atoms with Crippen LogP contribution in [0.1, 0.15) is 19.6 Å². The van der Waals surface area contributed by atoms with Crippen LogP contribution in [-0.2, 0) is 0 Å². The van der Waals surface area contributed by atoms with E-state index in [1.807, 2.05) is 21.9 Å². The third-order valence-electron chi connectivity index (χ3n) is 7.33. The Morgan fingerprint density at radius 1 is 0.610 bits per heavy atom. The second kappa shape index (κ2) is 10.4. The van der Waals surface area contributed by atoms with Crippen molar-refractivity contribution in [3.63, 3.8) is 0 Å². The molecule has 0 aliphatic carbocycles. The number of hydrazone groups is 1. The summed E-state index contributed by atoms with van der Waals surface area (Å²) in [6.07, 6.45) is 1.93. The number of aromatic nitrogens is 1. The van der Waals surface area contributed by atoms with Gasteiger partial charge in [-0.3, -0.25) is 4.57 Å². The van der Waals surface area contributed by atoms with Gasteiger partial charge >= 0.3 is 0 Å². The van der Waals surface area contributed by atoms with Crippen molar-refractivity contribution in [1.82, 2.24) is 4.57 Å². The fraction of sp³-hybridized carbons (Fsp3) is 0.0263. The van der Waals surface area contributed by atoms with Gasteiger partial charge in [0.2, 0.25) is 0 Å². The SMILES string of the molecule is CC#CC#Cn1c2ccccc2c2cc(/C=N\N(c3ccc4ccccc4c3)c3ccc4ccccc4c3)ccc21.[HH].[HH].[HH].[HH].[HH]. The van der Waals surface area contributed by atoms with Crippen molar-refractivity contribution in [1.29, 1.82) is 0 Å². The molecule has 202 valence electrons. The van der Waals surface area contributed by atoms with Crippen LogP contribution in [0.3, 0.4) is 0 Å². The Morgan fingerprint density at radius 2 is 1.22 bits per heavy atom. The van der Waals surface area contributed by atoms with E-state index >= 15 is 0 Å². The van der Waals surface area contributed by atoms with Crippen LogP contribution in [-0.4, -0.2) is 10.8 Å². The molecule has 6 aromatic carbocycles. The highest BCUT2D eigenvalue weighted by molar-refractivity contribution is 6.10. The van der Waals surface area contributed by atoms with Gasteiger partial charge in [0.25, 0.3) is 0 Å². The molecule has 0 aliphatic rings. The molecule has 7 rings (SSSR count). The van der Waals surface area contributed by atoms with Crippen LogP contribution in [0.4, 0.5) is 11.4 Å². The number of benzene rings is 6. The molecule has 1 aromatic heterocycles. The highest BCUT2D eigenvalue weighted by Crippen LogP contribution is 2.32.